The third kappa shape index (κ3) is 3.62. The number of rotatable bonds is 3. The molecule has 2 aliphatic rings. The summed E-state index contributed by atoms with van der Waals surface area (Å²) in [4.78, 5) is 12.2. The summed E-state index contributed by atoms with van der Waals surface area (Å²) in [5, 5.41) is 4.09. The molecule has 2 aliphatic carbocycles. The fourth-order valence-corrected chi connectivity index (χ4v) is 3.68. The lowest BCUT2D eigenvalue weighted by molar-refractivity contribution is -0.122. The highest BCUT2D eigenvalue weighted by molar-refractivity contribution is 9.10. The summed E-state index contributed by atoms with van der Waals surface area (Å²) in [7, 11) is 0. The maximum Gasteiger partial charge on any atom is 0.243 e. The van der Waals surface area contributed by atoms with E-state index in [1.165, 1.54) is 0 Å². The van der Waals surface area contributed by atoms with Gasteiger partial charge in [-0.2, -0.15) is 5.10 Å². The van der Waals surface area contributed by atoms with Gasteiger partial charge < -0.3 is 0 Å². The van der Waals surface area contributed by atoms with Crippen molar-refractivity contribution in [1.82, 2.24) is 5.43 Å². The number of benzene rings is 1. The zero-order valence-corrected chi connectivity index (χ0v) is 13.4. The minimum Gasteiger partial charge on any atom is -0.273 e. The first kappa shape index (κ1) is 14.5. The van der Waals surface area contributed by atoms with Crippen LogP contribution in [0.5, 0.6) is 0 Å². The predicted octanol–water partition coefficient (Wildman–Crippen LogP) is 3.89. The van der Waals surface area contributed by atoms with Crippen molar-refractivity contribution in [2.24, 2.45) is 22.9 Å². The number of carbonyl (C=O) groups is 1. The Bertz CT molecular complexity index is 566. The summed E-state index contributed by atoms with van der Waals surface area (Å²) < 4.78 is 1.01. The fourth-order valence-electron chi connectivity index (χ4n) is 3.27. The van der Waals surface area contributed by atoms with E-state index in [0.29, 0.717) is 11.8 Å². The van der Waals surface area contributed by atoms with E-state index in [1.807, 2.05) is 24.3 Å². The van der Waals surface area contributed by atoms with Crippen LogP contribution in [0.4, 0.5) is 0 Å². The van der Waals surface area contributed by atoms with E-state index in [1.54, 1.807) is 6.21 Å². The summed E-state index contributed by atoms with van der Waals surface area (Å²) in [6, 6.07) is 7.83. The Balaban J connectivity index is 1.53. The van der Waals surface area contributed by atoms with Crippen molar-refractivity contribution in [1.29, 1.82) is 0 Å². The molecule has 0 bridgehead atoms. The molecule has 0 aromatic heterocycles. The summed E-state index contributed by atoms with van der Waals surface area (Å²) in [6.07, 6.45) is 10.7. The van der Waals surface area contributed by atoms with Crippen molar-refractivity contribution >= 4 is 28.1 Å². The second-order valence-electron chi connectivity index (χ2n) is 5.77. The predicted molar refractivity (Wildman–Crippen MR) is 88.0 cm³/mol. The van der Waals surface area contributed by atoms with E-state index < -0.39 is 0 Å². The van der Waals surface area contributed by atoms with Gasteiger partial charge in [0, 0.05) is 10.4 Å². The van der Waals surface area contributed by atoms with Gasteiger partial charge in [0.2, 0.25) is 5.91 Å². The van der Waals surface area contributed by atoms with Crippen LogP contribution < -0.4 is 5.43 Å². The number of hydrazone groups is 1. The highest BCUT2D eigenvalue weighted by Gasteiger charge is 2.53. The first-order valence-corrected chi connectivity index (χ1v) is 8.28. The van der Waals surface area contributed by atoms with Gasteiger partial charge in [-0.15, -0.1) is 0 Å². The highest BCUT2D eigenvalue weighted by atomic mass is 79.9. The number of halogens is 1. The van der Waals surface area contributed by atoms with Crippen LogP contribution in [0.25, 0.3) is 0 Å². The number of nitrogens with one attached hydrogen (secondary N) is 1. The maximum absolute atomic E-state index is 12.2. The number of nitrogens with zero attached hydrogens (tertiary/aromatic N) is 1. The van der Waals surface area contributed by atoms with Crippen molar-refractivity contribution in [2.45, 2.75) is 25.7 Å². The number of carbonyl (C=O) groups excluding carboxylic acids is 1. The van der Waals surface area contributed by atoms with Crippen molar-refractivity contribution in [3.05, 3.63) is 46.5 Å². The third-order valence-electron chi connectivity index (χ3n) is 4.37. The molecule has 0 saturated heterocycles. The molecule has 1 N–H and O–H groups in total. The quantitative estimate of drug-likeness (QED) is 0.503. The lowest BCUT2D eigenvalue weighted by Crippen LogP contribution is -2.21. The van der Waals surface area contributed by atoms with Crippen LogP contribution in [0.1, 0.15) is 31.2 Å². The Morgan fingerprint density at radius 1 is 1.24 bits per heavy atom. The van der Waals surface area contributed by atoms with Gasteiger partial charge in [-0.1, -0.05) is 40.2 Å². The molecule has 0 aliphatic heterocycles. The Hall–Kier alpha value is -1.42. The van der Waals surface area contributed by atoms with E-state index in [0.717, 1.165) is 35.7 Å². The molecule has 1 saturated carbocycles. The molecule has 110 valence electrons. The van der Waals surface area contributed by atoms with E-state index in [4.69, 9.17) is 0 Å². The number of fused-ring (bicyclic) bond motifs is 1. The molecule has 0 heterocycles. The van der Waals surface area contributed by atoms with Gasteiger partial charge >= 0.3 is 0 Å². The van der Waals surface area contributed by atoms with Crippen molar-refractivity contribution in [3.8, 4) is 0 Å². The number of hydrogen-bond acceptors (Lipinski definition) is 2. The molecule has 21 heavy (non-hydrogen) atoms. The minimum absolute atomic E-state index is 0.0816. The number of allylic oxidation sites excluding steroid dienone is 2. The monoisotopic (exact) mass is 346 g/mol. The minimum atomic E-state index is 0.0816. The first-order chi connectivity index (χ1) is 10.3. The van der Waals surface area contributed by atoms with Crippen molar-refractivity contribution in [2.75, 3.05) is 0 Å². The molecule has 3 atom stereocenters. The van der Waals surface area contributed by atoms with Crippen LogP contribution in [0, 0.1) is 17.8 Å². The van der Waals surface area contributed by atoms with Crippen LogP contribution in [0.15, 0.2) is 46.0 Å². The molecular weight excluding hydrogens is 328 g/mol. The summed E-state index contributed by atoms with van der Waals surface area (Å²) in [6.45, 7) is 0. The lowest BCUT2D eigenvalue weighted by Gasteiger charge is -1.99. The SMILES string of the molecule is O=C(N/N=C\c1cccc(Br)c1)C1[C@H]2CC/C=C\CC[C@@H]12. The Morgan fingerprint density at radius 3 is 2.62 bits per heavy atom. The van der Waals surface area contributed by atoms with E-state index in [2.05, 4.69) is 38.6 Å². The average Bonchev–Trinajstić information content (AvgIpc) is 3.10. The van der Waals surface area contributed by atoms with Gasteiger partial charge in [-0.05, 0) is 55.2 Å². The molecule has 1 fully saturated rings. The summed E-state index contributed by atoms with van der Waals surface area (Å²) in [5.41, 5.74) is 3.67. The van der Waals surface area contributed by atoms with E-state index >= 15 is 0 Å². The van der Waals surface area contributed by atoms with E-state index in [9.17, 15) is 4.79 Å². The third-order valence-corrected chi connectivity index (χ3v) is 4.86. The first-order valence-electron chi connectivity index (χ1n) is 7.49. The standard InChI is InChI=1S/C17H19BrN2O/c18-13-7-5-6-12(10-13)11-19-20-17(21)16-14-8-3-1-2-4-9-15(14)16/h1-2,5-7,10-11,14-16H,3-4,8-9H2,(H,20,21)/b2-1-,19-11-/t14-,15+,16?. The highest BCUT2D eigenvalue weighted by Crippen LogP contribution is 2.52. The van der Waals surface area contributed by atoms with Crippen LogP contribution in [-0.2, 0) is 4.79 Å². The Labute approximate surface area is 133 Å². The molecule has 1 aromatic carbocycles. The molecule has 0 radical (unpaired) electrons. The van der Waals surface area contributed by atoms with Gasteiger partial charge in [0.25, 0.3) is 0 Å². The fraction of sp³-hybridized carbons (Fsp3) is 0.412. The molecule has 0 spiro atoms. The van der Waals surface area contributed by atoms with Gasteiger partial charge in [0.15, 0.2) is 0 Å². The van der Waals surface area contributed by atoms with Crippen molar-refractivity contribution < 1.29 is 4.79 Å². The zero-order valence-electron chi connectivity index (χ0n) is 11.8. The smallest absolute Gasteiger partial charge is 0.243 e. The molecule has 4 heteroatoms. The number of amides is 1. The molecule has 1 amide bonds. The normalized spacial score (nSPS) is 29.3. The van der Waals surface area contributed by atoms with E-state index in [-0.39, 0.29) is 11.8 Å². The Kier molecular flexibility index (Phi) is 4.54. The molecular formula is C17H19BrN2O. The van der Waals surface area contributed by atoms with Gasteiger partial charge in [-0.3, -0.25) is 4.79 Å². The molecule has 3 rings (SSSR count). The van der Waals surface area contributed by atoms with Crippen LogP contribution in [-0.4, -0.2) is 12.1 Å². The van der Waals surface area contributed by atoms with Crippen molar-refractivity contribution in [3.63, 3.8) is 0 Å². The van der Waals surface area contributed by atoms with Gasteiger partial charge in [0.05, 0.1) is 6.21 Å². The second-order valence-corrected chi connectivity index (χ2v) is 6.68. The lowest BCUT2D eigenvalue weighted by atomic mass is 10.1. The van der Waals surface area contributed by atoms with Crippen LogP contribution in [0.2, 0.25) is 0 Å². The van der Waals surface area contributed by atoms with Crippen LogP contribution in [0.3, 0.4) is 0 Å². The summed E-state index contributed by atoms with van der Waals surface area (Å²) >= 11 is 3.42. The largest absolute Gasteiger partial charge is 0.273 e. The zero-order chi connectivity index (χ0) is 14.7. The molecule has 3 nitrogen and oxygen atoms in total. The topological polar surface area (TPSA) is 41.5 Å². The Morgan fingerprint density at radius 2 is 1.95 bits per heavy atom. The second kappa shape index (κ2) is 6.56. The summed E-state index contributed by atoms with van der Waals surface area (Å²) in [5.74, 6) is 1.38. The number of hydrogen-bond donors (Lipinski definition) is 1. The molecule has 1 aromatic rings. The molecule has 1 unspecified atom stereocenters. The van der Waals surface area contributed by atoms with Crippen LogP contribution >= 0.6 is 15.9 Å². The maximum atomic E-state index is 12.2. The van der Waals surface area contributed by atoms with Gasteiger partial charge in [0.1, 0.15) is 0 Å². The van der Waals surface area contributed by atoms with Gasteiger partial charge in [-0.25, -0.2) is 5.43 Å². The average molecular weight is 347 g/mol.